The third kappa shape index (κ3) is 5.90. The van der Waals surface area contributed by atoms with Gasteiger partial charge in [0, 0.05) is 23.6 Å². The van der Waals surface area contributed by atoms with Crippen molar-refractivity contribution in [3.05, 3.63) is 35.4 Å². The van der Waals surface area contributed by atoms with Crippen LogP contribution in [-0.4, -0.2) is 23.7 Å². The van der Waals surface area contributed by atoms with Crippen molar-refractivity contribution in [2.75, 3.05) is 6.61 Å². The maximum absolute atomic E-state index is 12.0. The number of rotatable bonds is 6. The molecule has 108 valence electrons. The van der Waals surface area contributed by atoms with Gasteiger partial charge in [0.15, 0.2) is 0 Å². The lowest BCUT2D eigenvalue weighted by molar-refractivity contribution is 0.0938. The highest BCUT2D eigenvalue weighted by molar-refractivity contribution is 5.94. The molecule has 0 saturated carbocycles. The molecule has 1 aromatic carbocycles. The van der Waals surface area contributed by atoms with E-state index in [1.165, 1.54) is 0 Å². The van der Waals surface area contributed by atoms with Gasteiger partial charge in [-0.3, -0.25) is 4.79 Å². The molecule has 0 aromatic heterocycles. The monoisotopic (exact) mass is 273 g/mol. The van der Waals surface area contributed by atoms with Crippen molar-refractivity contribution in [1.29, 1.82) is 0 Å². The van der Waals surface area contributed by atoms with Crippen LogP contribution in [0.3, 0.4) is 0 Å². The lowest BCUT2D eigenvalue weighted by Crippen LogP contribution is -2.32. The Morgan fingerprint density at radius 3 is 2.65 bits per heavy atom. The van der Waals surface area contributed by atoms with Crippen molar-refractivity contribution in [3.8, 4) is 11.8 Å². The van der Waals surface area contributed by atoms with Crippen molar-refractivity contribution in [3.63, 3.8) is 0 Å². The zero-order chi connectivity index (χ0) is 14.8. The quantitative estimate of drug-likeness (QED) is 0.783. The standard InChI is InChI=1S/C17H23NO2/c1-3-4-7-14(2)18-17(20)16-11-9-15(10-12-16)8-5-6-13-19/h9-12,14,19H,3-4,6-7,13H2,1-2H3,(H,18,20). The molecule has 1 rings (SSSR count). The van der Waals surface area contributed by atoms with E-state index in [1.807, 2.05) is 19.1 Å². The van der Waals surface area contributed by atoms with Crippen LogP contribution in [0.2, 0.25) is 0 Å². The molecule has 0 fully saturated rings. The number of aliphatic hydroxyl groups is 1. The Kier molecular flexibility index (Phi) is 7.46. The molecule has 1 atom stereocenters. The Morgan fingerprint density at radius 2 is 2.05 bits per heavy atom. The molecule has 20 heavy (non-hydrogen) atoms. The summed E-state index contributed by atoms with van der Waals surface area (Å²) < 4.78 is 0. The number of hydrogen-bond donors (Lipinski definition) is 2. The van der Waals surface area contributed by atoms with Gasteiger partial charge in [0.05, 0.1) is 6.61 Å². The number of carbonyl (C=O) groups is 1. The number of aliphatic hydroxyl groups excluding tert-OH is 1. The highest BCUT2D eigenvalue weighted by Gasteiger charge is 2.08. The van der Waals surface area contributed by atoms with E-state index in [2.05, 4.69) is 24.1 Å². The second-order valence-corrected chi connectivity index (χ2v) is 4.87. The SMILES string of the molecule is CCCCC(C)NC(=O)c1ccc(C#CCCO)cc1. The molecule has 1 amide bonds. The molecule has 0 bridgehead atoms. The summed E-state index contributed by atoms with van der Waals surface area (Å²) in [6.07, 6.45) is 3.74. The predicted octanol–water partition coefficient (Wildman–Crippen LogP) is 2.73. The second-order valence-electron chi connectivity index (χ2n) is 4.87. The molecule has 0 spiro atoms. The molecule has 0 heterocycles. The fraction of sp³-hybridized carbons (Fsp3) is 0.471. The van der Waals surface area contributed by atoms with E-state index in [4.69, 9.17) is 5.11 Å². The van der Waals surface area contributed by atoms with Crippen LogP contribution in [0.1, 0.15) is 55.5 Å². The van der Waals surface area contributed by atoms with Gasteiger partial charge in [-0.05, 0) is 37.6 Å². The highest BCUT2D eigenvalue weighted by Crippen LogP contribution is 2.05. The molecule has 0 aliphatic carbocycles. The van der Waals surface area contributed by atoms with Crippen molar-refractivity contribution in [2.45, 2.75) is 45.6 Å². The Morgan fingerprint density at radius 1 is 1.35 bits per heavy atom. The van der Waals surface area contributed by atoms with Crippen LogP contribution < -0.4 is 5.32 Å². The Bertz CT molecular complexity index is 468. The molecule has 0 radical (unpaired) electrons. The van der Waals surface area contributed by atoms with Gasteiger partial charge in [-0.25, -0.2) is 0 Å². The summed E-state index contributed by atoms with van der Waals surface area (Å²) in [4.78, 5) is 12.0. The van der Waals surface area contributed by atoms with Gasteiger partial charge in [0.1, 0.15) is 0 Å². The average molecular weight is 273 g/mol. The topological polar surface area (TPSA) is 49.3 Å². The summed E-state index contributed by atoms with van der Waals surface area (Å²) in [7, 11) is 0. The van der Waals surface area contributed by atoms with Gasteiger partial charge < -0.3 is 10.4 Å². The largest absolute Gasteiger partial charge is 0.395 e. The molecular weight excluding hydrogens is 250 g/mol. The second kappa shape index (κ2) is 9.17. The van der Waals surface area contributed by atoms with E-state index >= 15 is 0 Å². The third-order valence-electron chi connectivity index (χ3n) is 2.98. The zero-order valence-electron chi connectivity index (χ0n) is 12.3. The molecule has 3 heteroatoms. The molecule has 0 aliphatic heterocycles. The third-order valence-corrected chi connectivity index (χ3v) is 2.98. The van der Waals surface area contributed by atoms with Gasteiger partial charge >= 0.3 is 0 Å². The summed E-state index contributed by atoms with van der Waals surface area (Å²) in [5.41, 5.74) is 1.51. The van der Waals surface area contributed by atoms with Gasteiger partial charge in [-0.2, -0.15) is 0 Å². The van der Waals surface area contributed by atoms with E-state index < -0.39 is 0 Å². The first-order valence-corrected chi connectivity index (χ1v) is 7.18. The predicted molar refractivity (Wildman–Crippen MR) is 81.5 cm³/mol. The van der Waals surface area contributed by atoms with E-state index in [1.54, 1.807) is 12.1 Å². The van der Waals surface area contributed by atoms with E-state index in [-0.39, 0.29) is 18.6 Å². The first kappa shape index (κ1) is 16.3. The number of hydrogen-bond acceptors (Lipinski definition) is 2. The minimum atomic E-state index is -0.0385. The van der Waals surface area contributed by atoms with Crippen molar-refractivity contribution < 1.29 is 9.90 Å². The molecule has 0 saturated heterocycles. The van der Waals surface area contributed by atoms with Crippen LogP contribution in [0.5, 0.6) is 0 Å². The van der Waals surface area contributed by atoms with E-state index in [9.17, 15) is 4.79 Å². The number of nitrogens with one attached hydrogen (secondary N) is 1. The molecule has 2 N–H and O–H groups in total. The van der Waals surface area contributed by atoms with Crippen LogP contribution >= 0.6 is 0 Å². The van der Waals surface area contributed by atoms with Crippen molar-refractivity contribution in [2.24, 2.45) is 0 Å². The zero-order valence-corrected chi connectivity index (χ0v) is 12.3. The van der Waals surface area contributed by atoms with Gasteiger partial charge in [-0.15, -0.1) is 0 Å². The van der Waals surface area contributed by atoms with Crippen LogP contribution in [0.4, 0.5) is 0 Å². The lowest BCUT2D eigenvalue weighted by Gasteiger charge is -2.13. The number of unbranched alkanes of at least 4 members (excludes halogenated alkanes) is 1. The maximum Gasteiger partial charge on any atom is 0.251 e. The maximum atomic E-state index is 12.0. The number of amides is 1. The summed E-state index contributed by atoms with van der Waals surface area (Å²) in [6.45, 7) is 4.25. The average Bonchev–Trinajstić information content (AvgIpc) is 2.46. The lowest BCUT2D eigenvalue weighted by atomic mass is 10.1. The summed E-state index contributed by atoms with van der Waals surface area (Å²) >= 11 is 0. The minimum absolute atomic E-state index is 0.0385. The summed E-state index contributed by atoms with van der Waals surface area (Å²) in [5, 5.41) is 11.6. The molecule has 3 nitrogen and oxygen atoms in total. The highest BCUT2D eigenvalue weighted by atomic mass is 16.2. The molecular formula is C17H23NO2. The van der Waals surface area contributed by atoms with Crippen LogP contribution in [0.25, 0.3) is 0 Å². The van der Waals surface area contributed by atoms with E-state index in [0.717, 1.165) is 24.8 Å². The summed E-state index contributed by atoms with van der Waals surface area (Å²) in [6, 6.07) is 7.42. The number of benzene rings is 1. The molecule has 1 aromatic rings. The Hall–Kier alpha value is -1.79. The van der Waals surface area contributed by atoms with Crippen LogP contribution in [0, 0.1) is 11.8 Å². The first-order valence-electron chi connectivity index (χ1n) is 7.18. The van der Waals surface area contributed by atoms with Gasteiger partial charge in [0.25, 0.3) is 5.91 Å². The van der Waals surface area contributed by atoms with Crippen LogP contribution in [-0.2, 0) is 0 Å². The number of carbonyl (C=O) groups excluding carboxylic acids is 1. The van der Waals surface area contributed by atoms with E-state index in [0.29, 0.717) is 12.0 Å². The van der Waals surface area contributed by atoms with Crippen LogP contribution in [0.15, 0.2) is 24.3 Å². The fourth-order valence-corrected chi connectivity index (χ4v) is 1.82. The minimum Gasteiger partial charge on any atom is -0.395 e. The van der Waals surface area contributed by atoms with Gasteiger partial charge in [0.2, 0.25) is 0 Å². The Balaban J connectivity index is 2.55. The van der Waals surface area contributed by atoms with Crippen molar-refractivity contribution in [1.82, 2.24) is 5.32 Å². The molecule has 0 aliphatic rings. The fourth-order valence-electron chi connectivity index (χ4n) is 1.82. The normalized spacial score (nSPS) is 11.3. The molecule has 1 unspecified atom stereocenters. The van der Waals surface area contributed by atoms with Crippen molar-refractivity contribution >= 4 is 5.91 Å². The first-order chi connectivity index (χ1) is 9.67. The van der Waals surface area contributed by atoms with Gasteiger partial charge in [-0.1, -0.05) is 31.6 Å². The smallest absolute Gasteiger partial charge is 0.251 e. The Labute approximate surface area is 121 Å². The summed E-state index contributed by atoms with van der Waals surface area (Å²) in [5.74, 6) is 5.76.